The maximum Gasteiger partial charge on any atom is 0.376 e. The Hall–Kier alpha value is -2.18. The van der Waals surface area contributed by atoms with E-state index in [1.54, 1.807) is 6.92 Å². The smallest absolute Gasteiger partial charge is 0.376 e. The first kappa shape index (κ1) is 12.9. The van der Waals surface area contributed by atoms with Gasteiger partial charge in [-0.2, -0.15) is 4.98 Å². The molecule has 1 aromatic rings. The highest BCUT2D eigenvalue weighted by Crippen LogP contribution is 2.18. The summed E-state index contributed by atoms with van der Waals surface area (Å²) in [6.45, 7) is 1.59. The van der Waals surface area contributed by atoms with Crippen LogP contribution >= 0.6 is 0 Å². The Bertz CT molecular complexity index is 458. The summed E-state index contributed by atoms with van der Waals surface area (Å²) in [7, 11) is 3.78. The number of ether oxygens (including phenoxy) is 3. The van der Waals surface area contributed by atoms with Gasteiger partial charge in [-0.15, -0.1) is 0 Å². The van der Waals surface area contributed by atoms with Gasteiger partial charge < -0.3 is 14.2 Å². The van der Waals surface area contributed by atoms with Crippen LogP contribution in [0.15, 0.2) is 0 Å². The van der Waals surface area contributed by atoms with Gasteiger partial charge >= 0.3 is 11.9 Å². The van der Waals surface area contributed by atoms with Gasteiger partial charge in [0.2, 0.25) is 11.7 Å². The number of methoxy groups -OCH3 is 3. The monoisotopic (exact) mass is 240 g/mol. The van der Waals surface area contributed by atoms with Crippen LogP contribution in [0.5, 0.6) is 5.88 Å². The van der Waals surface area contributed by atoms with Crippen molar-refractivity contribution in [3.05, 3.63) is 17.1 Å². The molecule has 0 N–H and O–H groups in total. The standard InChI is InChI=1S/C10H12N2O5/c1-5-6(9(13)16-3)11-7(10(14)17-4)12-8(5)15-2/h1-4H3. The molecule has 0 aliphatic heterocycles. The lowest BCUT2D eigenvalue weighted by atomic mass is 10.2. The van der Waals surface area contributed by atoms with Crippen LogP contribution < -0.4 is 4.74 Å². The average Bonchev–Trinajstić information content (AvgIpc) is 2.37. The topological polar surface area (TPSA) is 87.6 Å². The third-order valence-corrected chi connectivity index (χ3v) is 2.04. The van der Waals surface area contributed by atoms with Crippen LogP contribution in [0.1, 0.15) is 26.7 Å². The van der Waals surface area contributed by atoms with Crippen LogP contribution in [0, 0.1) is 6.92 Å². The highest BCUT2D eigenvalue weighted by molar-refractivity contribution is 5.92. The Kier molecular flexibility index (Phi) is 3.97. The molecule has 0 saturated carbocycles. The van der Waals surface area contributed by atoms with Gasteiger partial charge in [0, 0.05) is 5.56 Å². The summed E-state index contributed by atoms with van der Waals surface area (Å²) in [5.41, 5.74) is 0.367. The molecule has 17 heavy (non-hydrogen) atoms. The SMILES string of the molecule is COC(=O)c1nc(OC)c(C)c(C(=O)OC)n1. The molecule has 0 spiro atoms. The number of carbonyl (C=O) groups is 2. The molecule has 0 fully saturated rings. The molecule has 1 heterocycles. The molecular weight excluding hydrogens is 228 g/mol. The van der Waals surface area contributed by atoms with Gasteiger partial charge in [-0.1, -0.05) is 0 Å². The van der Waals surface area contributed by atoms with Crippen LogP contribution in [0.4, 0.5) is 0 Å². The quantitative estimate of drug-likeness (QED) is 0.705. The first-order chi connectivity index (χ1) is 8.04. The molecule has 1 aromatic heterocycles. The molecule has 0 atom stereocenters. The summed E-state index contributed by atoms with van der Waals surface area (Å²) < 4.78 is 14.0. The summed E-state index contributed by atoms with van der Waals surface area (Å²) in [5, 5.41) is 0. The minimum Gasteiger partial charge on any atom is -0.481 e. The lowest BCUT2D eigenvalue weighted by molar-refractivity contribution is 0.0577. The molecule has 0 unspecified atom stereocenters. The van der Waals surface area contributed by atoms with E-state index >= 15 is 0 Å². The number of hydrogen-bond acceptors (Lipinski definition) is 7. The highest BCUT2D eigenvalue weighted by Gasteiger charge is 2.21. The third kappa shape index (κ3) is 2.49. The van der Waals surface area contributed by atoms with Crippen LogP contribution in [0.3, 0.4) is 0 Å². The number of hydrogen-bond donors (Lipinski definition) is 0. The zero-order valence-electron chi connectivity index (χ0n) is 9.94. The summed E-state index contributed by atoms with van der Waals surface area (Å²) in [6, 6.07) is 0. The van der Waals surface area contributed by atoms with Crippen molar-refractivity contribution >= 4 is 11.9 Å². The first-order valence-corrected chi connectivity index (χ1v) is 4.64. The Morgan fingerprint density at radius 1 is 1.00 bits per heavy atom. The number of carbonyl (C=O) groups excluding carboxylic acids is 2. The predicted octanol–water partition coefficient (Wildman–Crippen LogP) is 0.367. The van der Waals surface area contributed by atoms with E-state index in [0.717, 1.165) is 0 Å². The minimum absolute atomic E-state index is 0.0280. The Balaban J connectivity index is 3.38. The molecule has 0 radical (unpaired) electrons. The summed E-state index contributed by atoms with van der Waals surface area (Å²) in [5.74, 6) is -1.56. The van der Waals surface area contributed by atoms with Gasteiger partial charge in [-0.3, -0.25) is 0 Å². The number of rotatable bonds is 3. The molecule has 0 amide bonds. The maximum absolute atomic E-state index is 11.4. The van der Waals surface area contributed by atoms with E-state index in [9.17, 15) is 9.59 Å². The highest BCUT2D eigenvalue weighted by atomic mass is 16.5. The van der Waals surface area contributed by atoms with Crippen molar-refractivity contribution in [1.29, 1.82) is 0 Å². The molecule has 7 heteroatoms. The number of nitrogens with zero attached hydrogens (tertiary/aromatic N) is 2. The molecule has 92 valence electrons. The number of esters is 2. The van der Waals surface area contributed by atoms with Crippen molar-refractivity contribution in [1.82, 2.24) is 9.97 Å². The van der Waals surface area contributed by atoms with Crippen molar-refractivity contribution in [3.8, 4) is 5.88 Å². The van der Waals surface area contributed by atoms with E-state index in [0.29, 0.717) is 5.56 Å². The van der Waals surface area contributed by atoms with Gasteiger partial charge in [-0.05, 0) is 6.92 Å². The van der Waals surface area contributed by atoms with E-state index in [1.807, 2.05) is 0 Å². The normalized spacial score (nSPS) is 9.65. The number of aromatic nitrogens is 2. The molecule has 0 bridgehead atoms. The second kappa shape index (κ2) is 5.24. The first-order valence-electron chi connectivity index (χ1n) is 4.64. The minimum atomic E-state index is -0.756. The molecular formula is C10H12N2O5. The zero-order valence-corrected chi connectivity index (χ0v) is 9.94. The summed E-state index contributed by atoms with van der Waals surface area (Å²) >= 11 is 0. The fourth-order valence-electron chi connectivity index (χ4n) is 1.17. The summed E-state index contributed by atoms with van der Waals surface area (Å²) in [6.07, 6.45) is 0. The Labute approximate surface area is 97.7 Å². The fourth-order valence-corrected chi connectivity index (χ4v) is 1.17. The van der Waals surface area contributed by atoms with Gasteiger partial charge in [0.25, 0.3) is 0 Å². The van der Waals surface area contributed by atoms with E-state index in [-0.39, 0.29) is 17.4 Å². The third-order valence-electron chi connectivity index (χ3n) is 2.04. The molecule has 1 rings (SSSR count). The van der Waals surface area contributed by atoms with E-state index in [2.05, 4.69) is 19.4 Å². The van der Waals surface area contributed by atoms with Crippen LogP contribution in [0.25, 0.3) is 0 Å². The lowest BCUT2D eigenvalue weighted by Gasteiger charge is -2.08. The van der Waals surface area contributed by atoms with Crippen LogP contribution in [-0.4, -0.2) is 43.2 Å². The largest absolute Gasteiger partial charge is 0.481 e. The second-order valence-electron chi connectivity index (χ2n) is 3.01. The van der Waals surface area contributed by atoms with Gasteiger partial charge in [0.1, 0.15) is 0 Å². The second-order valence-corrected chi connectivity index (χ2v) is 3.01. The average molecular weight is 240 g/mol. The zero-order chi connectivity index (χ0) is 13.0. The van der Waals surface area contributed by atoms with Gasteiger partial charge in [-0.25, -0.2) is 14.6 Å². The van der Waals surface area contributed by atoms with E-state index in [4.69, 9.17) is 4.74 Å². The van der Waals surface area contributed by atoms with Crippen molar-refractivity contribution in [2.75, 3.05) is 21.3 Å². The maximum atomic E-state index is 11.4. The van der Waals surface area contributed by atoms with Crippen molar-refractivity contribution in [2.45, 2.75) is 6.92 Å². The van der Waals surface area contributed by atoms with E-state index < -0.39 is 11.9 Å². The van der Waals surface area contributed by atoms with Crippen molar-refractivity contribution in [2.24, 2.45) is 0 Å². The van der Waals surface area contributed by atoms with Crippen molar-refractivity contribution in [3.63, 3.8) is 0 Å². The molecule has 0 aliphatic rings. The van der Waals surface area contributed by atoms with Crippen LogP contribution in [0.2, 0.25) is 0 Å². The van der Waals surface area contributed by atoms with E-state index in [1.165, 1.54) is 21.3 Å². The molecule has 0 aliphatic carbocycles. The molecule has 7 nitrogen and oxygen atoms in total. The lowest BCUT2D eigenvalue weighted by Crippen LogP contribution is -2.16. The van der Waals surface area contributed by atoms with Gasteiger partial charge in [0.15, 0.2) is 5.69 Å². The molecule has 0 saturated heterocycles. The Morgan fingerprint density at radius 3 is 2.06 bits per heavy atom. The van der Waals surface area contributed by atoms with Gasteiger partial charge in [0.05, 0.1) is 21.3 Å². The fraction of sp³-hybridized carbons (Fsp3) is 0.400. The van der Waals surface area contributed by atoms with Crippen molar-refractivity contribution < 1.29 is 23.8 Å². The predicted molar refractivity (Wildman–Crippen MR) is 56.0 cm³/mol. The van der Waals surface area contributed by atoms with Crippen LogP contribution in [-0.2, 0) is 9.47 Å². The molecule has 0 aromatic carbocycles. The Morgan fingerprint density at radius 2 is 1.59 bits per heavy atom. The summed E-state index contributed by atoms with van der Waals surface area (Å²) in [4.78, 5) is 30.4.